The maximum Gasteiger partial charge on any atom is 0.222 e. The summed E-state index contributed by atoms with van der Waals surface area (Å²) < 4.78 is 0. The van der Waals surface area contributed by atoms with E-state index in [0.717, 1.165) is 70.1 Å². The van der Waals surface area contributed by atoms with Crippen molar-refractivity contribution < 1.29 is 9.59 Å². The van der Waals surface area contributed by atoms with Crippen LogP contribution in [0.1, 0.15) is 50.7 Å². The molecule has 0 aromatic heterocycles. The summed E-state index contributed by atoms with van der Waals surface area (Å²) in [6.07, 6.45) is 3.40. The Morgan fingerprint density at radius 2 is 1.97 bits per heavy atom. The number of guanidine groups is 1. The molecule has 8 heteroatoms. The van der Waals surface area contributed by atoms with E-state index in [4.69, 9.17) is 10.7 Å². The predicted molar refractivity (Wildman–Crippen MR) is 127 cm³/mol. The smallest absolute Gasteiger partial charge is 0.222 e. The lowest BCUT2D eigenvalue weighted by Gasteiger charge is -2.31. The van der Waals surface area contributed by atoms with Gasteiger partial charge in [0.2, 0.25) is 11.8 Å². The second-order valence-electron chi connectivity index (χ2n) is 8.81. The first-order valence-corrected chi connectivity index (χ1v) is 11.9. The minimum atomic E-state index is -0.189. The van der Waals surface area contributed by atoms with Gasteiger partial charge in [0.25, 0.3) is 0 Å². The van der Waals surface area contributed by atoms with Gasteiger partial charge in [0.05, 0.1) is 12.5 Å². The zero-order valence-electron chi connectivity index (χ0n) is 19.5. The Hall–Kier alpha value is -2.61. The summed E-state index contributed by atoms with van der Waals surface area (Å²) in [5.74, 6) is 0.771. The number of carbonyl (C=O) groups is 2. The van der Waals surface area contributed by atoms with Crippen LogP contribution in [-0.4, -0.2) is 66.3 Å². The number of hydrogen-bond acceptors (Lipinski definition) is 4. The van der Waals surface area contributed by atoms with E-state index in [1.807, 2.05) is 11.8 Å². The molecule has 3 rings (SSSR count). The van der Waals surface area contributed by atoms with E-state index in [2.05, 4.69) is 46.7 Å². The first kappa shape index (κ1) is 24.0. The number of carbonyl (C=O) groups excluding carboxylic acids is 2. The molecule has 4 N–H and O–H groups in total. The molecular weight excluding hydrogens is 404 g/mol. The standard InChI is InChI=1S/C24H38N6O2/c1-3-22(31)30-12-10-21(17-30)28-24(26-4-2)27-14-18-7-5-8-19(13-18)15-29-11-6-9-20(16-29)23(25)32/h5,7-8,13,20-21H,3-4,6,9-12,14-17H2,1-2H3,(H2,25,32)(H2,26,27,28). The monoisotopic (exact) mass is 442 g/mol. The Morgan fingerprint density at radius 3 is 2.72 bits per heavy atom. The number of rotatable bonds is 8. The number of amides is 2. The van der Waals surface area contributed by atoms with Crippen LogP contribution in [0.5, 0.6) is 0 Å². The third kappa shape index (κ3) is 6.95. The van der Waals surface area contributed by atoms with Crippen LogP contribution in [0.2, 0.25) is 0 Å². The molecule has 2 aliphatic rings. The van der Waals surface area contributed by atoms with Crippen LogP contribution in [0, 0.1) is 5.92 Å². The Balaban J connectivity index is 1.56. The number of aliphatic imine (C=N–C) groups is 1. The van der Waals surface area contributed by atoms with Gasteiger partial charge in [-0.3, -0.25) is 14.5 Å². The van der Waals surface area contributed by atoms with Crippen molar-refractivity contribution in [1.82, 2.24) is 20.4 Å². The van der Waals surface area contributed by atoms with Crippen LogP contribution in [-0.2, 0) is 22.7 Å². The molecule has 2 amide bonds. The molecule has 1 aromatic rings. The number of nitrogens with one attached hydrogen (secondary N) is 2. The molecule has 0 spiro atoms. The first-order chi connectivity index (χ1) is 15.5. The fourth-order valence-corrected chi connectivity index (χ4v) is 4.53. The van der Waals surface area contributed by atoms with Crippen molar-refractivity contribution >= 4 is 17.8 Å². The Morgan fingerprint density at radius 1 is 1.16 bits per heavy atom. The molecule has 0 saturated carbocycles. The second kappa shape index (κ2) is 11.9. The van der Waals surface area contributed by atoms with Gasteiger partial charge in [-0.05, 0) is 43.9 Å². The van der Waals surface area contributed by atoms with Gasteiger partial charge < -0.3 is 21.3 Å². The highest BCUT2D eigenvalue weighted by Crippen LogP contribution is 2.19. The van der Waals surface area contributed by atoms with Gasteiger partial charge in [-0.25, -0.2) is 4.99 Å². The number of benzene rings is 1. The fraction of sp³-hybridized carbons (Fsp3) is 0.625. The van der Waals surface area contributed by atoms with Gasteiger partial charge in [0.1, 0.15) is 0 Å². The third-order valence-electron chi connectivity index (χ3n) is 6.25. The molecule has 2 atom stereocenters. The lowest BCUT2D eigenvalue weighted by molar-refractivity contribution is -0.129. The normalized spacial score (nSPS) is 22.1. The van der Waals surface area contributed by atoms with Gasteiger partial charge >= 0.3 is 0 Å². The highest BCUT2D eigenvalue weighted by atomic mass is 16.2. The van der Waals surface area contributed by atoms with E-state index in [0.29, 0.717) is 13.0 Å². The number of hydrogen-bond donors (Lipinski definition) is 3. The SMILES string of the molecule is CCNC(=NCc1cccc(CN2CCCC(C(N)=O)C2)c1)NC1CCN(C(=O)CC)C1. The summed E-state index contributed by atoms with van der Waals surface area (Å²) in [5, 5.41) is 6.80. The van der Waals surface area contributed by atoms with Crippen LogP contribution in [0.25, 0.3) is 0 Å². The van der Waals surface area contributed by atoms with E-state index in [1.165, 1.54) is 5.56 Å². The molecule has 1 aromatic carbocycles. The lowest BCUT2D eigenvalue weighted by atomic mass is 9.97. The highest BCUT2D eigenvalue weighted by molar-refractivity contribution is 5.80. The van der Waals surface area contributed by atoms with Crippen LogP contribution >= 0.6 is 0 Å². The predicted octanol–water partition coefficient (Wildman–Crippen LogP) is 1.45. The van der Waals surface area contributed by atoms with Crippen LogP contribution in [0.3, 0.4) is 0 Å². The molecule has 2 heterocycles. The first-order valence-electron chi connectivity index (χ1n) is 11.9. The average molecular weight is 443 g/mol. The minimum absolute atomic E-state index is 0.0376. The molecule has 2 aliphatic heterocycles. The van der Waals surface area contributed by atoms with Crippen molar-refractivity contribution in [1.29, 1.82) is 0 Å². The number of piperidine rings is 1. The molecule has 0 aliphatic carbocycles. The number of primary amides is 1. The van der Waals surface area contributed by atoms with E-state index in [-0.39, 0.29) is 23.8 Å². The Labute approximate surface area is 191 Å². The van der Waals surface area contributed by atoms with Crippen molar-refractivity contribution in [2.75, 3.05) is 32.7 Å². The van der Waals surface area contributed by atoms with Gasteiger partial charge in [-0.1, -0.05) is 31.2 Å². The largest absolute Gasteiger partial charge is 0.369 e. The summed E-state index contributed by atoms with van der Waals surface area (Å²) in [6.45, 7) is 9.42. The van der Waals surface area contributed by atoms with Crippen molar-refractivity contribution in [3.8, 4) is 0 Å². The van der Waals surface area contributed by atoms with E-state index < -0.39 is 0 Å². The van der Waals surface area contributed by atoms with E-state index in [9.17, 15) is 9.59 Å². The third-order valence-corrected chi connectivity index (χ3v) is 6.25. The van der Waals surface area contributed by atoms with Crippen LogP contribution in [0.4, 0.5) is 0 Å². The van der Waals surface area contributed by atoms with Gasteiger partial charge in [-0.15, -0.1) is 0 Å². The molecule has 2 unspecified atom stereocenters. The lowest BCUT2D eigenvalue weighted by Crippen LogP contribution is -2.45. The van der Waals surface area contributed by atoms with Crippen LogP contribution < -0.4 is 16.4 Å². The average Bonchev–Trinajstić information content (AvgIpc) is 3.26. The maximum atomic E-state index is 11.9. The maximum absolute atomic E-state index is 11.9. The Bertz CT molecular complexity index is 811. The minimum Gasteiger partial charge on any atom is -0.369 e. The second-order valence-corrected chi connectivity index (χ2v) is 8.81. The molecule has 8 nitrogen and oxygen atoms in total. The van der Waals surface area contributed by atoms with Gasteiger partial charge in [-0.2, -0.15) is 0 Å². The Kier molecular flexibility index (Phi) is 8.90. The topological polar surface area (TPSA) is 103 Å². The van der Waals surface area contributed by atoms with Crippen molar-refractivity contribution in [3.63, 3.8) is 0 Å². The molecule has 0 bridgehead atoms. The summed E-state index contributed by atoms with van der Waals surface area (Å²) >= 11 is 0. The summed E-state index contributed by atoms with van der Waals surface area (Å²) in [7, 11) is 0. The molecule has 2 fully saturated rings. The summed E-state index contributed by atoms with van der Waals surface area (Å²) in [4.78, 5) is 32.5. The van der Waals surface area contributed by atoms with Crippen molar-refractivity contribution in [2.45, 2.75) is 58.7 Å². The quantitative estimate of drug-likeness (QED) is 0.418. The zero-order valence-corrected chi connectivity index (χ0v) is 19.5. The molecular formula is C24H38N6O2. The van der Waals surface area contributed by atoms with Gasteiger partial charge in [0, 0.05) is 45.2 Å². The van der Waals surface area contributed by atoms with Gasteiger partial charge in [0.15, 0.2) is 5.96 Å². The molecule has 176 valence electrons. The van der Waals surface area contributed by atoms with E-state index >= 15 is 0 Å². The van der Waals surface area contributed by atoms with E-state index in [1.54, 1.807) is 0 Å². The van der Waals surface area contributed by atoms with Crippen molar-refractivity contribution in [2.24, 2.45) is 16.6 Å². The van der Waals surface area contributed by atoms with Crippen molar-refractivity contribution in [3.05, 3.63) is 35.4 Å². The zero-order chi connectivity index (χ0) is 22.9. The summed E-state index contributed by atoms with van der Waals surface area (Å²) in [5.41, 5.74) is 7.89. The summed E-state index contributed by atoms with van der Waals surface area (Å²) in [6, 6.07) is 8.71. The number of nitrogens with two attached hydrogens (primary N) is 1. The fourth-order valence-electron chi connectivity index (χ4n) is 4.53. The highest BCUT2D eigenvalue weighted by Gasteiger charge is 2.26. The molecule has 2 saturated heterocycles. The number of nitrogens with zero attached hydrogens (tertiary/aromatic N) is 3. The van der Waals surface area contributed by atoms with Crippen LogP contribution in [0.15, 0.2) is 29.3 Å². The molecule has 0 radical (unpaired) electrons. The number of likely N-dealkylation sites (tertiary alicyclic amines) is 2. The molecule has 32 heavy (non-hydrogen) atoms.